The SMILES string of the molecule is COC(=O)C1=C[C@H]2OC3(CCCCC3)O[C@H]2[C@H](OS(=O)(=O)c2ccc(C)cc2)C1.COC(=O)[C@@]1(O)C[C@@H](O)[C@@H]2OC3(CCCCC3)O[C@@H]2C1.COC(=O)[C@]1(O)C[C@H]2OC3(CCCCC3)O[C@H]2[C@H](OS(=O)(=O)c2ccc(C)cc2)C1. The van der Waals surface area contributed by atoms with Crippen LogP contribution in [0.15, 0.2) is 70.0 Å². The number of hydrogen-bond acceptors (Lipinski definition) is 21. The molecule has 0 radical (unpaired) electrons. The minimum absolute atomic E-state index is 0.00289. The van der Waals surface area contributed by atoms with E-state index in [4.69, 9.17) is 46.3 Å². The lowest BCUT2D eigenvalue weighted by Gasteiger charge is -2.39. The van der Waals surface area contributed by atoms with Crippen LogP contribution in [0.2, 0.25) is 0 Å². The summed E-state index contributed by atoms with van der Waals surface area (Å²) < 4.78 is 114. The average molecular weight is 1150 g/mol. The third-order valence-corrected chi connectivity index (χ3v) is 19.5. The smallest absolute Gasteiger partial charge is 0.338 e. The lowest BCUT2D eigenvalue weighted by molar-refractivity contribution is -0.198. The van der Waals surface area contributed by atoms with Gasteiger partial charge in [0.25, 0.3) is 20.2 Å². The Morgan fingerprint density at radius 2 is 0.911 bits per heavy atom. The van der Waals surface area contributed by atoms with Crippen molar-refractivity contribution < 1.29 is 97.5 Å². The van der Waals surface area contributed by atoms with Crippen LogP contribution >= 0.6 is 0 Å². The van der Waals surface area contributed by atoms with Crippen molar-refractivity contribution in [3.63, 3.8) is 0 Å². The van der Waals surface area contributed by atoms with Crippen LogP contribution in [-0.4, -0.2) is 155 Å². The summed E-state index contributed by atoms with van der Waals surface area (Å²) in [6.45, 7) is 3.73. The van der Waals surface area contributed by atoms with Gasteiger partial charge in [0.15, 0.2) is 28.6 Å². The number of hydrogen-bond donors (Lipinski definition) is 3. The number of aliphatic hydroxyl groups is 3. The summed E-state index contributed by atoms with van der Waals surface area (Å²) in [4.78, 5) is 36.2. The van der Waals surface area contributed by atoms with E-state index in [1.807, 2.05) is 13.8 Å². The molecule has 438 valence electrons. The van der Waals surface area contributed by atoms with Gasteiger partial charge >= 0.3 is 17.9 Å². The number of aryl methyl sites for hydroxylation is 2. The third-order valence-electron chi connectivity index (χ3n) is 16.8. The Kier molecular flexibility index (Phi) is 17.9. The maximum Gasteiger partial charge on any atom is 0.338 e. The summed E-state index contributed by atoms with van der Waals surface area (Å²) in [5.74, 6) is -4.25. The Morgan fingerprint density at radius 3 is 1.37 bits per heavy atom. The molecule has 3 heterocycles. The molecule has 5 saturated carbocycles. The van der Waals surface area contributed by atoms with Gasteiger partial charge in [-0.2, -0.15) is 16.8 Å². The van der Waals surface area contributed by atoms with Gasteiger partial charge in [-0.25, -0.2) is 14.4 Å². The van der Waals surface area contributed by atoms with Crippen LogP contribution in [0, 0.1) is 13.8 Å². The van der Waals surface area contributed by atoms with Gasteiger partial charge < -0.3 is 58.0 Å². The molecule has 3 aliphatic heterocycles. The summed E-state index contributed by atoms with van der Waals surface area (Å²) in [7, 11) is -4.46. The fourth-order valence-electron chi connectivity index (χ4n) is 12.8. The highest BCUT2D eigenvalue weighted by molar-refractivity contribution is 7.87. The van der Waals surface area contributed by atoms with E-state index in [0.29, 0.717) is 18.4 Å². The fraction of sp³-hybridized carbons (Fsp3) is 0.696. The predicted octanol–water partition coefficient (Wildman–Crippen LogP) is 5.72. The van der Waals surface area contributed by atoms with Crippen LogP contribution in [0.1, 0.15) is 140 Å². The molecule has 3 saturated heterocycles. The molecule has 11 atom stereocenters. The number of carbonyl (C=O) groups excluding carboxylic acids is 3. The topological polar surface area (TPSA) is 282 Å². The average Bonchev–Trinajstić information content (AvgIpc) is 4.28. The second kappa shape index (κ2) is 23.7. The zero-order valence-electron chi connectivity index (χ0n) is 45.5. The van der Waals surface area contributed by atoms with Crippen molar-refractivity contribution in [2.45, 2.75) is 236 Å². The molecule has 0 bridgehead atoms. The predicted molar refractivity (Wildman–Crippen MR) is 276 cm³/mol. The Morgan fingerprint density at radius 1 is 0.506 bits per heavy atom. The van der Waals surface area contributed by atoms with E-state index < -0.39 is 122 Å². The zero-order valence-corrected chi connectivity index (χ0v) is 47.2. The second-order valence-corrected chi connectivity index (χ2v) is 25.8. The summed E-state index contributed by atoms with van der Waals surface area (Å²) >= 11 is 0. The first-order valence-corrected chi connectivity index (χ1v) is 30.4. The van der Waals surface area contributed by atoms with Crippen LogP contribution in [0.4, 0.5) is 0 Å². The molecule has 0 aromatic heterocycles. The summed E-state index contributed by atoms with van der Waals surface area (Å²) in [6, 6.07) is 12.7. The number of benzene rings is 2. The molecule has 11 rings (SSSR count). The first-order chi connectivity index (χ1) is 37.5. The van der Waals surface area contributed by atoms with Gasteiger partial charge in [-0.3, -0.25) is 8.37 Å². The Balaban J connectivity index is 0.000000147. The molecule has 0 unspecified atom stereocenters. The van der Waals surface area contributed by atoms with Crippen molar-refractivity contribution in [1.82, 2.24) is 0 Å². The summed E-state index contributed by atoms with van der Waals surface area (Å²) in [5, 5.41) is 31.5. The maximum atomic E-state index is 12.9. The number of rotatable bonds is 9. The van der Waals surface area contributed by atoms with Crippen molar-refractivity contribution in [3.05, 3.63) is 71.3 Å². The van der Waals surface area contributed by atoms with Gasteiger partial charge in [0.1, 0.15) is 36.6 Å². The number of carbonyl (C=O) groups is 3. The zero-order chi connectivity index (χ0) is 56.6. The lowest BCUT2D eigenvalue weighted by atomic mass is 9.80. The van der Waals surface area contributed by atoms with Gasteiger partial charge in [-0.15, -0.1) is 0 Å². The van der Waals surface area contributed by atoms with Crippen molar-refractivity contribution >= 4 is 38.1 Å². The van der Waals surface area contributed by atoms with Crippen molar-refractivity contribution in [3.8, 4) is 0 Å². The van der Waals surface area contributed by atoms with E-state index >= 15 is 0 Å². The highest BCUT2D eigenvalue weighted by atomic mass is 32.2. The van der Waals surface area contributed by atoms with Gasteiger partial charge in [-0.1, -0.05) is 54.7 Å². The quantitative estimate of drug-likeness (QED) is 0.154. The van der Waals surface area contributed by atoms with E-state index in [-0.39, 0.29) is 41.9 Å². The summed E-state index contributed by atoms with van der Waals surface area (Å²) in [6.07, 6.45) is 9.02. The van der Waals surface area contributed by atoms with Crippen molar-refractivity contribution in [1.29, 1.82) is 0 Å². The molecule has 8 fully saturated rings. The fourth-order valence-corrected chi connectivity index (χ4v) is 14.9. The van der Waals surface area contributed by atoms with E-state index in [2.05, 4.69) is 4.74 Å². The van der Waals surface area contributed by atoms with Crippen LogP contribution in [-0.2, 0) is 85.6 Å². The summed E-state index contributed by atoms with van der Waals surface area (Å²) in [5.41, 5.74) is -1.39. The molecule has 9 aliphatic rings. The number of fused-ring (bicyclic) bond motifs is 3. The first kappa shape index (κ1) is 59.7. The van der Waals surface area contributed by atoms with Crippen molar-refractivity contribution in [2.75, 3.05) is 21.3 Å². The molecular weight excluding hydrogens is 1070 g/mol. The minimum Gasteiger partial charge on any atom is -0.467 e. The molecule has 23 heteroatoms. The van der Waals surface area contributed by atoms with Gasteiger partial charge in [0, 0.05) is 76.2 Å². The third kappa shape index (κ3) is 13.0. The van der Waals surface area contributed by atoms with Crippen LogP contribution in [0.25, 0.3) is 0 Å². The monoisotopic (exact) mass is 1150 g/mol. The van der Waals surface area contributed by atoms with E-state index in [1.165, 1.54) is 52.0 Å². The highest BCUT2D eigenvalue weighted by Gasteiger charge is 2.61. The molecule has 2 aromatic carbocycles. The largest absolute Gasteiger partial charge is 0.467 e. The van der Waals surface area contributed by atoms with Crippen LogP contribution in [0.3, 0.4) is 0 Å². The lowest BCUT2D eigenvalue weighted by Crippen LogP contribution is -2.56. The van der Waals surface area contributed by atoms with Gasteiger partial charge in [0.05, 0.1) is 49.4 Å². The number of ether oxygens (including phenoxy) is 9. The molecule has 79 heavy (non-hydrogen) atoms. The molecule has 6 aliphatic carbocycles. The Hall–Kier alpha value is -3.95. The molecule has 0 amide bonds. The molecule has 2 aromatic rings. The number of aliphatic hydroxyl groups excluding tert-OH is 1. The highest BCUT2D eigenvalue weighted by Crippen LogP contribution is 2.50. The molecule has 3 spiro atoms. The van der Waals surface area contributed by atoms with Gasteiger partial charge in [-0.05, 0) is 82.7 Å². The number of esters is 3. The number of methoxy groups -OCH3 is 3. The normalized spacial score (nSPS) is 34.1. The van der Waals surface area contributed by atoms with E-state index in [9.17, 15) is 46.5 Å². The van der Waals surface area contributed by atoms with Crippen LogP contribution < -0.4 is 0 Å². The standard InChI is InChI=1S/C21H28O8S.C21H26O7S.C14H22O6/c1-14-6-8-15(9-7-14)30(24,25)29-17-13-20(23,19(22)26-2)12-16-18(17)28-21(27-16)10-4-3-5-11-21;1-14-6-8-16(9-7-14)29(23,24)28-18-13-15(20(22)25-2)12-17-19(18)27-21(26-17)10-4-3-5-11-21;1-18-12(16)13(17)7-9(15)11-10(8-13)19-14(20-11)5-3-2-4-6-14/h6-9,16-18,23H,3-5,10-13H2,1-2H3;6-9,12,17-19H,3-5,10-11,13H2,1-2H3;9-11,15,17H,2-8H2,1H3/t16-,17-,18-,20+;17-,18-,19-;9-,10-,11+,13-/m111/s1. The van der Waals surface area contributed by atoms with Crippen LogP contribution in [0.5, 0.6) is 0 Å². The minimum atomic E-state index is -4.14. The molecule has 3 N–H and O–H groups in total. The molecule has 21 nitrogen and oxygen atoms in total. The maximum absolute atomic E-state index is 12.9. The van der Waals surface area contributed by atoms with Gasteiger partial charge in [0.2, 0.25) is 0 Å². The van der Waals surface area contributed by atoms with E-state index in [0.717, 1.165) is 88.2 Å². The Bertz CT molecular complexity index is 2750. The molecular formula is C56H76O21S2. The Labute approximate surface area is 462 Å². The second-order valence-electron chi connectivity index (χ2n) is 22.7. The van der Waals surface area contributed by atoms with Crippen molar-refractivity contribution in [2.24, 2.45) is 0 Å². The first-order valence-electron chi connectivity index (χ1n) is 27.6. The van der Waals surface area contributed by atoms with E-state index in [1.54, 1.807) is 30.3 Å².